The Balaban J connectivity index is 1.36. The van der Waals surface area contributed by atoms with Gasteiger partial charge in [-0.1, -0.05) is 90.1 Å². The van der Waals surface area contributed by atoms with Gasteiger partial charge >= 0.3 is 6.03 Å². The lowest BCUT2D eigenvalue weighted by Crippen LogP contribution is -2.64. The third-order valence-corrected chi connectivity index (χ3v) is 13.1. The number of sulfone groups is 1. The Morgan fingerprint density at radius 3 is 2.20 bits per heavy atom. The summed E-state index contributed by atoms with van der Waals surface area (Å²) < 4.78 is 26.4. The molecule has 5 N–H and O–H groups in total. The van der Waals surface area contributed by atoms with Gasteiger partial charge in [0.2, 0.25) is 17.6 Å². The summed E-state index contributed by atoms with van der Waals surface area (Å²) in [5.74, 6) is -3.43. The van der Waals surface area contributed by atoms with Gasteiger partial charge < -0.3 is 26.6 Å². The zero-order chi connectivity index (χ0) is 36.4. The Hall–Kier alpha value is -3.48. The third-order valence-electron chi connectivity index (χ3n) is 11.4. The quantitative estimate of drug-likeness (QED) is 0.201. The van der Waals surface area contributed by atoms with Gasteiger partial charge in [0.15, 0.2) is 9.84 Å². The molecule has 3 saturated carbocycles. The van der Waals surface area contributed by atoms with Crippen LogP contribution in [0.3, 0.4) is 0 Å². The van der Waals surface area contributed by atoms with Gasteiger partial charge in [-0.05, 0) is 66.8 Å². The molecule has 1 aliphatic heterocycles. The molecule has 5 amide bonds. The third kappa shape index (κ3) is 9.05. The van der Waals surface area contributed by atoms with Crippen LogP contribution < -0.4 is 21.7 Å². The van der Waals surface area contributed by atoms with Gasteiger partial charge in [-0.2, -0.15) is 0 Å². The summed E-state index contributed by atoms with van der Waals surface area (Å²) in [6.07, 6.45) is 7.80. The molecule has 1 heterocycles. The highest BCUT2D eigenvalue weighted by Crippen LogP contribution is 2.53. The van der Waals surface area contributed by atoms with E-state index in [9.17, 15) is 32.4 Å². The van der Waals surface area contributed by atoms with Crippen LogP contribution in [0, 0.1) is 29.1 Å². The van der Waals surface area contributed by atoms with E-state index in [0.717, 1.165) is 44.9 Å². The van der Waals surface area contributed by atoms with Crippen molar-refractivity contribution in [2.75, 3.05) is 5.75 Å². The fraction of sp³-hybridized carbons (Fsp3) is 0.703. The zero-order valence-corrected chi connectivity index (χ0v) is 30.7. The van der Waals surface area contributed by atoms with Crippen molar-refractivity contribution < 1.29 is 32.4 Å². The monoisotopic (exact) mass is 713 g/mol. The summed E-state index contributed by atoms with van der Waals surface area (Å²) in [6, 6.07) is 4.50. The first-order valence-electron chi connectivity index (χ1n) is 18.3. The number of piperidine rings is 1. The molecule has 0 radical (unpaired) electrons. The van der Waals surface area contributed by atoms with Crippen molar-refractivity contribution in [3.63, 3.8) is 0 Å². The van der Waals surface area contributed by atoms with E-state index in [1.807, 2.05) is 19.9 Å². The van der Waals surface area contributed by atoms with E-state index in [0.29, 0.717) is 24.8 Å². The summed E-state index contributed by atoms with van der Waals surface area (Å²) in [7, 11) is -3.58. The number of likely N-dealkylation sites (tertiary alicyclic amines) is 1. The number of rotatable bonds is 15. The maximum Gasteiger partial charge on any atom is 0.315 e. The molecule has 4 fully saturated rings. The van der Waals surface area contributed by atoms with Crippen molar-refractivity contribution in [1.29, 1.82) is 0 Å². The van der Waals surface area contributed by atoms with Crippen LogP contribution in [0.1, 0.15) is 97.5 Å². The highest BCUT2D eigenvalue weighted by molar-refractivity contribution is 7.90. The summed E-state index contributed by atoms with van der Waals surface area (Å²) >= 11 is 0. The van der Waals surface area contributed by atoms with Gasteiger partial charge in [0.05, 0.1) is 17.5 Å². The molecular formula is C37H55N5O7S. The van der Waals surface area contributed by atoms with Crippen LogP contribution in [0.5, 0.6) is 0 Å². The minimum atomic E-state index is -3.58. The molecule has 4 unspecified atom stereocenters. The number of ketones is 1. The number of hydrogen-bond acceptors (Lipinski definition) is 7. The minimum Gasteiger partial charge on any atom is -0.363 e. The number of Topliss-reactive ketones (excluding diaryl/α,β-unsaturated/α-hetero) is 1. The molecular weight excluding hydrogens is 659 g/mol. The molecule has 1 saturated heterocycles. The van der Waals surface area contributed by atoms with Crippen molar-refractivity contribution in [3.8, 4) is 0 Å². The summed E-state index contributed by atoms with van der Waals surface area (Å²) in [6.45, 7) is 7.85. The number of nitrogens with one attached hydrogen (secondary N) is 3. The number of nitrogens with two attached hydrogens (primary N) is 1. The lowest BCUT2D eigenvalue weighted by molar-refractivity contribution is -0.150. The summed E-state index contributed by atoms with van der Waals surface area (Å²) in [5.41, 5.74) is 5.73. The predicted octanol–water partition coefficient (Wildman–Crippen LogP) is 3.23. The van der Waals surface area contributed by atoms with Gasteiger partial charge in [-0.15, -0.1) is 0 Å². The minimum absolute atomic E-state index is 0.146. The average Bonchev–Trinajstić information content (AvgIpc) is 3.71. The smallest absolute Gasteiger partial charge is 0.315 e. The average molecular weight is 714 g/mol. The molecule has 1 aromatic rings. The Kier molecular flexibility index (Phi) is 11.6. The largest absolute Gasteiger partial charge is 0.363 e. The predicted molar refractivity (Wildman–Crippen MR) is 189 cm³/mol. The molecule has 13 heteroatoms. The Bertz CT molecular complexity index is 1540. The fourth-order valence-electron chi connectivity index (χ4n) is 8.55. The van der Waals surface area contributed by atoms with Crippen LogP contribution >= 0.6 is 0 Å². The first kappa shape index (κ1) is 37.8. The highest BCUT2D eigenvalue weighted by atomic mass is 32.2. The van der Waals surface area contributed by atoms with Gasteiger partial charge in [0, 0.05) is 12.1 Å². The molecule has 0 aromatic heterocycles. The molecule has 5 rings (SSSR count). The van der Waals surface area contributed by atoms with Crippen LogP contribution in [-0.2, 0) is 34.8 Å². The van der Waals surface area contributed by atoms with E-state index in [-0.39, 0.29) is 52.5 Å². The second-order valence-electron chi connectivity index (χ2n) is 16.2. The van der Waals surface area contributed by atoms with Crippen LogP contribution in [-0.4, -0.2) is 78.8 Å². The molecule has 4 aliphatic rings. The summed E-state index contributed by atoms with van der Waals surface area (Å²) in [5, 5.41) is 8.63. The fourth-order valence-corrected chi connectivity index (χ4v) is 10.4. The number of benzene rings is 1. The topological polar surface area (TPSA) is 185 Å². The number of carbonyl (C=O) groups excluding carboxylic acids is 5. The number of fused-ring (bicyclic) bond motifs is 2. The number of amides is 5. The van der Waals surface area contributed by atoms with Crippen LogP contribution in [0.2, 0.25) is 0 Å². The van der Waals surface area contributed by atoms with Crippen molar-refractivity contribution >= 4 is 39.4 Å². The number of carbonyl (C=O) groups is 5. The summed E-state index contributed by atoms with van der Waals surface area (Å²) in [4.78, 5) is 68.8. The van der Waals surface area contributed by atoms with E-state index in [1.165, 1.54) is 0 Å². The maximum absolute atomic E-state index is 14.8. The lowest BCUT2D eigenvalue weighted by Gasteiger charge is -2.45. The molecule has 0 spiro atoms. The maximum atomic E-state index is 14.8. The van der Waals surface area contributed by atoms with Crippen molar-refractivity contribution in [3.05, 3.63) is 35.9 Å². The second kappa shape index (κ2) is 15.4. The normalized spacial score (nSPS) is 25.1. The molecule has 1 aromatic carbocycles. The van der Waals surface area contributed by atoms with Gasteiger partial charge in [0.25, 0.3) is 5.91 Å². The van der Waals surface area contributed by atoms with E-state index < -0.39 is 57.6 Å². The first-order valence-corrected chi connectivity index (χ1v) is 20.2. The van der Waals surface area contributed by atoms with Gasteiger partial charge in [0.1, 0.15) is 12.1 Å². The van der Waals surface area contributed by atoms with E-state index in [1.54, 1.807) is 29.2 Å². The van der Waals surface area contributed by atoms with Gasteiger partial charge in [-0.3, -0.25) is 19.2 Å². The number of urea groups is 1. The second-order valence-corrected chi connectivity index (χ2v) is 18.4. The molecule has 6 atom stereocenters. The van der Waals surface area contributed by atoms with Crippen LogP contribution in [0.4, 0.5) is 4.79 Å². The van der Waals surface area contributed by atoms with E-state index in [2.05, 4.69) is 29.8 Å². The number of nitrogens with zero attached hydrogens (tertiary/aromatic N) is 1. The number of hydrogen-bond donors (Lipinski definition) is 4. The first-order chi connectivity index (χ1) is 23.6. The van der Waals surface area contributed by atoms with Crippen molar-refractivity contribution in [1.82, 2.24) is 20.9 Å². The molecule has 276 valence electrons. The Labute approximate surface area is 296 Å². The van der Waals surface area contributed by atoms with Crippen molar-refractivity contribution in [2.45, 2.75) is 128 Å². The zero-order valence-electron chi connectivity index (χ0n) is 29.9. The van der Waals surface area contributed by atoms with E-state index >= 15 is 0 Å². The highest BCUT2D eigenvalue weighted by Gasteiger charge is 2.60. The standard InChI is InChI=1S/C37H55N5O7S/c1-22(2)28(21-50(48,49)20-24-11-7-5-8-12-24)40-36(47)41-30(25-13-9-6-10-14-25)35(46)42-29-18-26(19-37(29,3)4)31(42)34(45)39-27(17-23-15-16-23)32(43)33(38)44/h5,7-8,11-12,22-23,25-31H,6,9-10,13-21H2,1-4H3,(H2,38,44)(H,39,45)(H2,40,41,47)/t26?,27?,28-,29?,30-,31?/m1/s1. The van der Waals surface area contributed by atoms with Crippen LogP contribution in [0.15, 0.2) is 30.3 Å². The SMILES string of the molecule is CC(C)[C@@H](CS(=O)(=O)Cc1ccccc1)NC(=O)N[C@@H](C(=O)N1C(C(=O)NC(CC2CC2)C(=O)C(N)=O)C2CC1C(C)(C)C2)C1CCCCC1. The molecule has 12 nitrogen and oxygen atoms in total. The van der Waals surface area contributed by atoms with Crippen LogP contribution in [0.25, 0.3) is 0 Å². The molecule has 50 heavy (non-hydrogen) atoms. The van der Waals surface area contributed by atoms with Crippen molar-refractivity contribution in [2.24, 2.45) is 34.8 Å². The Morgan fingerprint density at radius 2 is 1.60 bits per heavy atom. The molecule has 2 bridgehead atoms. The lowest BCUT2D eigenvalue weighted by atomic mass is 9.79. The van der Waals surface area contributed by atoms with E-state index in [4.69, 9.17) is 5.73 Å². The number of primary amides is 1. The van der Waals surface area contributed by atoms with Gasteiger partial charge in [-0.25, -0.2) is 13.2 Å². The Morgan fingerprint density at radius 1 is 0.940 bits per heavy atom. The molecule has 3 aliphatic carbocycles.